The SMILES string of the molecule is [B]C(=O)NCCCOc1cc(CC(CC(=O)OCC)c2ccc3c(c2)OCO3)on1. The lowest BCUT2D eigenvalue weighted by Crippen LogP contribution is -2.23. The van der Waals surface area contributed by atoms with E-state index >= 15 is 0 Å². The van der Waals surface area contributed by atoms with Gasteiger partial charge in [-0.2, -0.15) is 0 Å². The van der Waals surface area contributed by atoms with Crippen molar-refractivity contribution in [3.05, 3.63) is 35.6 Å². The summed E-state index contributed by atoms with van der Waals surface area (Å²) < 4.78 is 26.8. The molecule has 0 aliphatic carbocycles. The maximum absolute atomic E-state index is 12.1. The first-order valence-electron chi connectivity index (χ1n) is 9.72. The molecule has 2 radical (unpaired) electrons. The molecule has 1 N–H and O–H groups in total. The van der Waals surface area contributed by atoms with Gasteiger partial charge in [0.15, 0.2) is 25.2 Å². The van der Waals surface area contributed by atoms with E-state index in [1.54, 1.807) is 13.0 Å². The Hall–Kier alpha value is -3.17. The number of carbonyl (C=O) groups excluding carboxylic acids is 2. The molecule has 1 aliphatic rings. The molecule has 0 spiro atoms. The molecule has 158 valence electrons. The van der Waals surface area contributed by atoms with Crippen molar-refractivity contribution in [2.45, 2.75) is 32.1 Å². The van der Waals surface area contributed by atoms with E-state index in [1.807, 2.05) is 18.2 Å². The highest BCUT2D eigenvalue weighted by atomic mass is 16.7. The minimum absolute atomic E-state index is 0.180. The predicted octanol–water partition coefficient (Wildman–Crippen LogP) is 2.33. The first kappa shape index (κ1) is 21.5. The summed E-state index contributed by atoms with van der Waals surface area (Å²) in [6, 6.07) is 7.28. The standard InChI is InChI=1S/C20H23BN2O7/c1-2-26-19(24)10-14(13-4-5-16-17(9-13)29-12-28-16)8-15-11-18(23-30-15)27-7-3-6-22-20(21)25/h4-5,9,11,14H,2-3,6-8,10,12H2,1H3,(H,22,25). The predicted molar refractivity (Wildman–Crippen MR) is 106 cm³/mol. The van der Waals surface area contributed by atoms with Crippen LogP contribution in [0.5, 0.6) is 17.4 Å². The Morgan fingerprint density at radius 1 is 1.27 bits per heavy atom. The van der Waals surface area contributed by atoms with Crippen molar-refractivity contribution in [3.63, 3.8) is 0 Å². The van der Waals surface area contributed by atoms with Crippen molar-refractivity contribution >= 4 is 19.6 Å². The van der Waals surface area contributed by atoms with Crippen LogP contribution in [0.3, 0.4) is 0 Å². The number of aromatic nitrogens is 1. The number of amides is 1. The third-order valence-electron chi connectivity index (χ3n) is 4.44. The maximum Gasteiger partial charge on any atom is 0.306 e. The van der Waals surface area contributed by atoms with Gasteiger partial charge in [-0.1, -0.05) is 6.07 Å². The Balaban J connectivity index is 1.62. The van der Waals surface area contributed by atoms with Gasteiger partial charge in [-0.3, -0.25) is 9.59 Å². The number of hydrogen-bond acceptors (Lipinski definition) is 8. The zero-order valence-corrected chi connectivity index (χ0v) is 16.7. The molecule has 30 heavy (non-hydrogen) atoms. The van der Waals surface area contributed by atoms with Gasteiger partial charge in [-0.05, 0) is 36.2 Å². The Kier molecular flexibility index (Phi) is 7.59. The number of hydrogen-bond donors (Lipinski definition) is 1. The summed E-state index contributed by atoms with van der Waals surface area (Å²) in [6.45, 7) is 3.02. The molecule has 3 rings (SSSR count). The molecule has 1 aromatic heterocycles. The van der Waals surface area contributed by atoms with Gasteiger partial charge < -0.3 is 28.8 Å². The molecule has 0 saturated heterocycles. The summed E-state index contributed by atoms with van der Waals surface area (Å²) in [6.07, 6.45) is 1.19. The summed E-state index contributed by atoms with van der Waals surface area (Å²) in [5.41, 5.74) is 0.906. The Morgan fingerprint density at radius 2 is 2.10 bits per heavy atom. The van der Waals surface area contributed by atoms with Crippen LogP contribution < -0.4 is 19.5 Å². The molecule has 0 bridgehead atoms. The lowest BCUT2D eigenvalue weighted by atomic mass is 9.91. The summed E-state index contributed by atoms with van der Waals surface area (Å²) >= 11 is 0. The summed E-state index contributed by atoms with van der Waals surface area (Å²) in [4.78, 5) is 22.7. The lowest BCUT2D eigenvalue weighted by Gasteiger charge is -2.15. The normalized spacial score (nSPS) is 13.0. The van der Waals surface area contributed by atoms with E-state index in [4.69, 9.17) is 31.3 Å². The number of rotatable bonds is 11. The number of carbonyl (C=O) groups is 2. The van der Waals surface area contributed by atoms with E-state index in [9.17, 15) is 9.59 Å². The summed E-state index contributed by atoms with van der Waals surface area (Å²) in [5.74, 6) is 1.17. The highest BCUT2D eigenvalue weighted by Gasteiger charge is 2.23. The van der Waals surface area contributed by atoms with Gasteiger partial charge in [0.2, 0.25) is 6.79 Å². The van der Waals surface area contributed by atoms with E-state index in [-0.39, 0.29) is 25.1 Å². The molecule has 1 amide bonds. The van der Waals surface area contributed by atoms with Crippen molar-refractivity contribution in [2.24, 2.45) is 0 Å². The third-order valence-corrected chi connectivity index (χ3v) is 4.44. The molecule has 2 aromatic rings. The zero-order chi connectivity index (χ0) is 21.3. The molecular weight excluding hydrogens is 391 g/mol. The molecule has 1 atom stereocenters. The van der Waals surface area contributed by atoms with Crippen molar-refractivity contribution in [1.82, 2.24) is 10.5 Å². The van der Waals surface area contributed by atoms with E-state index in [0.717, 1.165) is 5.56 Å². The zero-order valence-electron chi connectivity index (χ0n) is 16.7. The fourth-order valence-corrected chi connectivity index (χ4v) is 3.06. The van der Waals surface area contributed by atoms with Crippen LogP contribution in [0.25, 0.3) is 0 Å². The number of benzene rings is 1. The van der Waals surface area contributed by atoms with Gasteiger partial charge in [0.1, 0.15) is 5.76 Å². The molecule has 1 unspecified atom stereocenters. The van der Waals surface area contributed by atoms with E-state index in [1.165, 1.54) is 0 Å². The van der Waals surface area contributed by atoms with Gasteiger partial charge in [0.05, 0.1) is 19.6 Å². The quantitative estimate of drug-likeness (QED) is 0.339. The fraction of sp³-hybridized carbons (Fsp3) is 0.450. The van der Waals surface area contributed by atoms with Crippen molar-refractivity contribution < 1.29 is 33.1 Å². The first-order valence-corrected chi connectivity index (χ1v) is 9.72. The number of nitrogens with one attached hydrogen (secondary N) is 1. The first-order chi connectivity index (χ1) is 14.5. The van der Waals surface area contributed by atoms with E-state index in [0.29, 0.717) is 55.7 Å². The number of fused-ring (bicyclic) bond motifs is 1. The Bertz CT molecular complexity index is 871. The highest BCUT2D eigenvalue weighted by Crippen LogP contribution is 2.36. The summed E-state index contributed by atoms with van der Waals surface area (Å²) in [5, 5.41) is 6.38. The topological polar surface area (TPSA) is 109 Å². The molecule has 0 fully saturated rings. The van der Waals surface area contributed by atoms with Gasteiger partial charge in [0.25, 0.3) is 5.88 Å². The van der Waals surface area contributed by atoms with Crippen LogP contribution in [0.1, 0.15) is 37.0 Å². The van der Waals surface area contributed by atoms with Crippen LogP contribution in [-0.2, 0) is 16.0 Å². The van der Waals surface area contributed by atoms with Crippen LogP contribution in [-0.4, -0.2) is 51.3 Å². The van der Waals surface area contributed by atoms with Gasteiger partial charge >= 0.3 is 5.97 Å². The average molecular weight is 414 g/mol. The molecular formula is C20H23BN2O7. The smallest absolute Gasteiger partial charge is 0.306 e. The van der Waals surface area contributed by atoms with Crippen LogP contribution in [0.15, 0.2) is 28.8 Å². The lowest BCUT2D eigenvalue weighted by molar-refractivity contribution is -0.143. The number of ether oxygens (including phenoxy) is 4. The summed E-state index contributed by atoms with van der Waals surface area (Å²) in [7, 11) is 5.00. The second-order valence-electron chi connectivity index (χ2n) is 6.65. The third kappa shape index (κ3) is 6.17. The Labute approximate surface area is 175 Å². The van der Waals surface area contributed by atoms with Gasteiger partial charge in [-0.25, -0.2) is 0 Å². The van der Waals surface area contributed by atoms with Crippen LogP contribution in [0.4, 0.5) is 4.79 Å². The minimum Gasteiger partial charge on any atom is -0.475 e. The van der Waals surface area contributed by atoms with Crippen molar-refractivity contribution in [3.8, 4) is 17.4 Å². The minimum atomic E-state index is -0.574. The van der Waals surface area contributed by atoms with Crippen molar-refractivity contribution in [1.29, 1.82) is 0 Å². The molecule has 0 saturated carbocycles. The Morgan fingerprint density at radius 3 is 2.90 bits per heavy atom. The molecule has 1 aliphatic heterocycles. The largest absolute Gasteiger partial charge is 0.475 e. The number of nitrogens with zero attached hydrogens (tertiary/aromatic N) is 1. The van der Waals surface area contributed by atoms with Crippen LogP contribution in [0.2, 0.25) is 0 Å². The van der Waals surface area contributed by atoms with E-state index in [2.05, 4.69) is 10.5 Å². The molecule has 9 nitrogen and oxygen atoms in total. The second kappa shape index (κ2) is 10.6. The van der Waals surface area contributed by atoms with E-state index < -0.39 is 5.81 Å². The molecule has 1 aromatic carbocycles. The van der Waals surface area contributed by atoms with Crippen LogP contribution in [0, 0.1) is 0 Å². The number of esters is 1. The monoisotopic (exact) mass is 414 g/mol. The van der Waals surface area contributed by atoms with Gasteiger partial charge in [0, 0.05) is 24.9 Å². The average Bonchev–Trinajstić information content (AvgIpc) is 3.35. The van der Waals surface area contributed by atoms with Crippen LogP contribution >= 0.6 is 0 Å². The molecule has 10 heteroatoms. The highest BCUT2D eigenvalue weighted by molar-refractivity contribution is 6.57. The second-order valence-corrected chi connectivity index (χ2v) is 6.65. The fourth-order valence-electron chi connectivity index (χ4n) is 3.06. The van der Waals surface area contributed by atoms with Gasteiger partial charge in [-0.15, -0.1) is 0 Å². The maximum atomic E-state index is 12.1. The molecule has 2 heterocycles. The van der Waals surface area contributed by atoms with Crippen molar-refractivity contribution in [2.75, 3.05) is 26.6 Å².